The molecule has 2 rings (SSSR count). The van der Waals surface area contributed by atoms with Gasteiger partial charge in [-0.25, -0.2) is 14.5 Å². The molecule has 0 aromatic heterocycles. The lowest BCUT2D eigenvalue weighted by Crippen LogP contribution is -2.53. The standard InChI is InChI=1S/C15H15BrN4O2/c1-3-18-14(21)20-13(10-6-4-5-7-12(10)16)11(8-17)9(2)19-15(20)22/h4-7,13H,3H2,1-2H3,(H,18,21)(H,19,22). The zero-order valence-corrected chi connectivity index (χ0v) is 13.8. The molecule has 0 bridgehead atoms. The number of amides is 4. The molecule has 2 N–H and O–H groups in total. The number of hydrogen-bond donors (Lipinski definition) is 2. The maximum atomic E-state index is 12.3. The second-order valence-corrected chi connectivity index (χ2v) is 5.56. The van der Waals surface area contributed by atoms with Crippen LogP contribution in [0.3, 0.4) is 0 Å². The second-order valence-electron chi connectivity index (χ2n) is 4.71. The number of carbonyl (C=O) groups excluding carboxylic acids is 2. The van der Waals surface area contributed by atoms with Gasteiger partial charge in [0.25, 0.3) is 0 Å². The number of nitrogens with zero attached hydrogens (tertiary/aromatic N) is 2. The molecule has 1 aromatic carbocycles. The van der Waals surface area contributed by atoms with Gasteiger partial charge in [0.05, 0.1) is 11.6 Å². The van der Waals surface area contributed by atoms with E-state index in [9.17, 15) is 14.9 Å². The highest BCUT2D eigenvalue weighted by atomic mass is 79.9. The van der Waals surface area contributed by atoms with Crippen LogP contribution in [-0.2, 0) is 0 Å². The Hall–Kier alpha value is -2.33. The van der Waals surface area contributed by atoms with Gasteiger partial charge in [-0.15, -0.1) is 0 Å². The van der Waals surface area contributed by atoms with Crippen molar-refractivity contribution in [1.82, 2.24) is 15.5 Å². The van der Waals surface area contributed by atoms with Gasteiger partial charge in [-0.2, -0.15) is 5.26 Å². The van der Waals surface area contributed by atoms with Crippen molar-refractivity contribution in [3.63, 3.8) is 0 Å². The second kappa shape index (κ2) is 6.62. The highest BCUT2D eigenvalue weighted by Crippen LogP contribution is 2.36. The minimum Gasteiger partial charge on any atom is -0.338 e. The molecule has 22 heavy (non-hydrogen) atoms. The number of allylic oxidation sites excluding steroid dienone is 1. The van der Waals surface area contributed by atoms with Crippen molar-refractivity contribution in [2.24, 2.45) is 0 Å². The summed E-state index contributed by atoms with van der Waals surface area (Å²) < 4.78 is 0.726. The Balaban J connectivity index is 2.61. The number of rotatable bonds is 2. The number of hydrogen-bond acceptors (Lipinski definition) is 3. The summed E-state index contributed by atoms with van der Waals surface area (Å²) >= 11 is 3.42. The van der Waals surface area contributed by atoms with E-state index >= 15 is 0 Å². The number of nitrogens with one attached hydrogen (secondary N) is 2. The summed E-state index contributed by atoms with van der Waals surface area (Å²) in [5, 5.41) is 14.6. The zero-order valence-electron chi connectivity index (χ0n) is 12.2. The molecule has 6 nitrogen and oxygen atoms in total. The fourth-order valence-electron chi connectivity index (χ4n) is 2.32. The third-order valence-corrected chi connectivity index (χ3v) is 4.04. The van der Waals surface area contributed by atoms with Gasteiger partial charge in [0, 0.05) is 16.7 Å². The quantitative estimate of drug-likeness (QED) is 0.847. The summed E-state index contributed by atoms with van der Waals surface area (Å²) in [6.45, 7) is 3.80. The molecule has 1 aliphatic rings. The molecule has 0 radical (unpaired) electrons. The summed E-state index contributed by atoms with van der Waals surface area (Å²) in [6.07, 6.45) is 0. The van der Waals surface area contributed by atoms with Crippen molar-refractivity contribution in [2.75, 3.05) is 6.54 Å². The largest absolute Gasteiger partial charge is 0.338 e. The molecule has 1 atom stereocenters. The van der Waals surface area contributed by atoms with Crippen molar-refractivity contribution in [3.05, 3.63) is 45.6 Å². The molecular formula is C15H15BrN4O2. The van der Waals surface area contributed by atoms with E-state index in [-0.39, 0.29) is 0 Å². The minimum atomic E-state index is -0.763. The van der Waals surface area contributed by atoms with Crippen molar-refractivity contribution < 1.29 is 9.59 Å². The Kier molecular flexibility index (Phi) is 4.83. The first-order valence-corrected chi connectivity index (χ1v) is 7.53. The van der Waals surface area contributed by atoms with Gasteiger partial charge in [-0.05, 0) is 25.5 Å². The summed E-state index contributed by atoms with van der Waals surface area (Å²) in [7, 11) is 0. The Morgan fingerprint density at radius 3 is 2.77 bits per heavy atom. The number of imide groups is 1. The Morgan fingerprint density at radius 2 is 2.18 bits per heavy atom. The molecule has 0 fully saturated rings. The molecule has 7 heteroatoms. The van der Waals surface area contributed by atoms with Crippen LogP contribution in [0.4, 0.5) is 9.59 Å². The lowest BCUT2D eigenvalue weighted by molar-refractivity contribution is 0.173. The van der Waals surface area contributed by atoms with Crippen molar-refractivity contribution in [3.8, 4) is 6.07 Å². The number of nitriles is 1. The molecule has 0 saturated carbocycles. The van der Waals surface area contributed by atoms with Crippen molar-refractivity contribution >= 4 is 28.0 Å². The first-order valence-electron chi connectivity index (χ1n) is 6.74. The fourth-order valence-corrected chi connectivity index (χ4v) is 2.82. The lowest BCUT2D eigenvalue weighted by atomic mass is 9.95. The van der Waals surface area contributed by atoms with E-state index in [1.807, 2.05) is 12.1 Å². The number of halogens is 1. The highest BCUT2D eigenvalue weighted by molar-refractivity contribution is 9.10. The van der Waals surface area contributed by atoms with Crippen LogP contribution in [0.15, 0.2) is 40.0 Å². The molecule has 0 aliphatic carbocycles. The van der Waals surface area contributed by atoms with Gasteiger partial charge < -0.3 is 10.6 Å². The summed E-state index contributed by atoms with van der Waals surface area (Å²) in [4.78, 5) is 25.6. The number of carbonyl (C=O) groups is 2. The Morgan fingerprint density at radius 1 is 1.50 bits per heavy atom. The van der Waals surface area contributed by atoms with E-state index in [4.69, 9.17) is 0 Å². The molecule has 4 amide bonds. The van der Waals surface area contributed by atoms with Gasteiger partial charge in [-0.1, -0.05) is 34.1 Å². The van der Waals surface area contributed by atoms with Crippen molar-refractivity contribution in [2.45, 2.75) is 19.9 Å². The monoisotopic (exact) mass is 362 g/mol. The van der Waals surface area contributed by atoms with Crippen LogP contribution in [0, 0.1) is 11.3 Å². The van der Waals surface area contributed by atoms with Crippen LogP contribution in [0.5, 0.6) is 0 Å². The van der Waals surface area contributed by atoms with Gasteiger partial charge >= 0.3 is 12.1 Å². The molecule has 114 valence electrons. The average Bonchev–Trinajstić information content (AvgIpc) is 2.47. The first kappa shape index (κ1) is 16.0. The number of urea groups is 2. The lowest BCUT2D eigenvalue weighted by Gasteiger charge is -2.35. The zero-order chi connectivity index (χ0) is 16.3. The number of benzene rings is 1. The topological polar surface area (TPSA) is 85.2 Å². The Bertz CT molecular complexity index is 693. The van der Waals surface area contributed by atoms with Crippen LogP contribution in [0.2, 0.25) is 0 Å². The molecule has 0 spiro atoms. The molecule has 1 aliphatic heterocycles. The average molecular weight is 363 g/mol. The summed E-state index contributed by atoms with van der Waals surface area (Å²) in [6, 6.07) is 7.46. The molecule has 1 heterocycles. The first-order chi connectivity index (χ1) is 10.5. The van der Waals surface area contributed by atoms with Crippen LogP contribution < -0.4 is 10.6 Å². The van der Waals surface area contributed by atoms with E-state index in [2.05, 4.69) is 32.6 Å². The smallest absolute Gasteiger partial charge is 0.330 e. The van der Waals surface area contributed by atoms with Gasteiger partial charge in [0.15, 0.2) is 0 Å². The van der Waals surface area contributed by atoms with Crippen LogP contribution >= 0.6 is 15.9 Å². The highest BCUT2D eigenvalue weighted by Gasteiger charge is 2.39. The van der Waals surface area contributed by atoms with E-state index in [1.165, 1.54) is 0 Å². The minimum absolute atomic E-state index is 0.331. The summed E-state index contributed by atoms with van der Waals surface area (Å²) in [5.74, 6) is 0. The summed E-state index contributed by atoms with van der Waals surface area (Å²) in [5.41, 5.74) is 1.46. The van der Waals surface area contributed by atoms with Crippen LogP contribution in [0.25, 0.3) is 0 Å². The predicted octanol–water partition coefficient (Wildman–Crippen LogP) is 3.04. The van der Waals surface area contributed by atoms with Crippen molar-refractivity contribution in [1.29, 1.82) is 5.26 Å². The molecule has 1 unspecified atom stereocenters. The van der Waals surface area contributed by atoms with E-state index in [1.54, 1.807) is 26.0 Å². The predicted molar refractivity (Wildman–Crippen MR) is 84.6 cm³/mol. The third-order valence-electron chi connectivity index (χ3n) is 3.32. The van der Waals surface area contributed by atoms with Gasteiger partial charge in [0.1, 0.15) is 6.04 Å². The van der Waals surface area contributed by atoms with Gasteiger partial charge in [0.2, 0.25) is 0 Å². The maximum absolute atomic E-state index is 12.3. The maximum Gasteiger partial charge on any atom is 0.330 e. The molecular weight excluding hydrogens is 348 g/mol. The van der Waals surface area contributed by atoms with Crippen LogP contribution in [0.1, 0.15) is 25.5 Å². The molecule has 0 saturated heterocycles. The van der Waals surface area contributed by atoms with Crippen LogP contribution in [-0.4, -0.2) is 23.5 Å². The normalized spacial score (nSPS) is 17.8. The Labute approximate surface area is 136 Å². The van der Waals surface area contributed by atoms with E-state index < -0.39 is 18.1 Å². The SMILES string of the molecule is CCNC(=O)N1C(=O)NC(C)=C(C#N)C1c1ccccc1Br. The van der Waals surface area contributed by atoms with Gasteiger partial charge in [-0.3, -0.25) is 0 Å². The molecule has 1 aromatic rings. The fraction of sp³-hybridized carbons (Fsp3) is 0.267. The van der Waals surface area contributed by atoms with E-state index in [0.29, 0.717) is 23.4 Å². The third kappa shape index (κ3) is 2.83. The van der Waals surface area contributed by atoms with E-state index in [0.717, 1.165) is 9.37 Å².